The van der Waals surface area contributed by atoms with Crippen molar-refractivity contribution in [3.63, 3.8) is 0 Å². The van der Waals surface area contributed by atoms with Gasteiger partial charge in [0.1, 0.15) is 5.82 Å². The molecular weight excluding hydrogens is 243 g/mol. The Morgan fingerprint density at radius 1 is 1.26 bits per heavy atom. The summed E-state index contributed by atoms with van der Waals surface area (Å²) in [6.45, 7) is 5.01. The van der Waals surface area contributed by atoms with E-state index in [1.165, 1.54) is 38.1 Å². The average molecular weight is 266 g/mol. The summed E-state index contributed by atoms with van der Waals surface area (Å²) in [5.74, 6) is -0.265. The second-order valence-electron chi connectivity index (χ2n) is 5.38. The molecule has 0 bridgehead atoms. The van der Waals surface area contributed by atoms with Crippen LogP contribution in [0.25, 0.3) is 0 Å². The molecule has 1 fully saturated rings. The summed E-state index contributed by atoms with van der Waals surface area (Å²) in [5.41, 5.74) is 0.773. The molecule has 2 rings (SSSR count). The van der Waals surface area contributed by atoms with Gasteiger partial charge in [-0.3, -0.25) is 0 Å². The zero-order chi connectivity index (χ0) is 13.7. The Balaban J connectivity index is 1.74. The highest BCUT2D eigenvalue weighted by molar-refractivity contribution is 5.18. The molecule has 0 aliphatic carbocycles. The minimum atomic E-state index is -0.552. The maximum atomic E-state index is 12.8. The fraction of sp³-hybridized carbons (Fsp3) is 0.600. The lowest BCUT2D eigenvalue weighted by atomic mass is 10.1. The highest BCUT2D eigenvalue weighted by Crippen LogP contribution is 2.14. The molecule has 19 heavy (non-hydrogen) atoms. The Kier molecular flexibility index (Phi) is 5.31. The molecule has 3 nitrogen and oxygen atoms in total. The molecule has 106 valence electrons. The van der Waals surface area contributed by atoms with Gasteiger partial charge < -0.3 is 14.9 Å². The highest BCUT2D eigenvalue weighted by Gasteiger charge is 2.14. The van der Waals surface area contributed by atoms with Crippen molar-refractivity contribution in [3.05, 3.63) is 35.6 Å². The summed E-state index contributed by atoms with van der Waals surface area (Å²) in [5, 5.41) is 10.1. The van der Waals surface area contributed by atoms with E-state index in [0.29, 0.717) is 6.54 Å². The van der Waals surface area contributed by atoms with Crippen molar-refractivity contribution in [2.45, 2.75) is 18.9 Å². The monoisotopic (exact) mass is 266 g/mol. The first kappa shape index (κ1) is 14.4. The molecule has 0 saturated carbocycles. The van der Waals surface area contributed by atoms with Crippen molar-refractivity contribution >= 4 is 0 Å². The van der Waals surface area contributed by atoms with E-state index in [0.717, 1.165) is 18.7 Å². The molecule has 1 saturated heterocycles. The average Bonchev–Trinajstić information content (AvgIpc) is 2.90. The summed E-state index contributed by atoms with van der Waals surface area (Å²) in [4.78, 5) is 4.59. The van der Waals surface area contributed by atoms with Crippen molar-refractivity contribution in [2.75, 3.05) is 39.8 Å². The third kappa shape index (κ3) is 4.56. The van der Waals surface area contributed by atoms with Gasteiger partial charge in [-0.05, 0) is 50.7 Å². The van der Waals surface area contributed by atoms with Gasteiger partial charge in [-0.15, -0.1) is 0 Å². The third-order valence-corrected chi connectivity index (χ3v) is 3.74. The van der Waals surface area contributed by atoms with Crippen molar-refractivity contribution in [1.29, 1.82) is 0 Å². The fourth-order valence-corrected chi connectivity index (χ4v) is 2.50. The SMILES string of the molecule is CN(CCN1CCCC1)CC(O)c1ccc(F)cc1. The largest absolute Gasteiger partial charge is 0.387 e. The van der Waals surface area contributed by atoms with Gasteiger partial charge in [-0.25, -0.2) is 4.39 Å². The minimum absolute atomic E-state index is 0.265. The lowest BCUT2D eigenvalue weighted by molar-refractivity contribution is 0.121. The first-order valence-electron chi connectivity index (χ1n) is 6.99. The van der Waals surface area contributed by atoms with Crippen LogP contribution >= 0.6 is 0 Å². The molecule has 0 radical (unpaired) electrons. The molecule has 1 aliphatic rings. The minimum Gasteiger partial charge on any atom is -0.387 e. The summed E-state index contributed by atoms with van der Waals surface area (Å²) >= 11 is 0. The Bertz CT molecular complexity index is 376. The number of halogens is 1. The normalized spacial score (nSPS) is 18.1. The molecule has 0 amide bonds. The number of likely N-dealkylation sites (tertiary alicyclic amines) is 1. The quantitative estimate of drug-likeness (QED) is 0.852. The number of aliphatic hydroxyl groups is 1. The smallest absolute Gasteiger partial charge is 0.123 e. The van der Waals surface area contributed by atoms with Gasteiger partial charge in [-0.2, -0.15) is 0 Å². The van der Waals surface area contributed by atoms with Crippen LogP contribution in [0.15, 0.2) is 24.3 Å². The topological polar surface area (TPSA) is 26.7 Å². The molecule has 1 atom stereocenters. The summed E-state index contributed by atoms with van der Waals surface area (Å²) in [6.07, 6.45) is 2.06. The lowest BCUT2D eigenvalue weighted by Gasteiger charge is -2.23. The van der Waals surface area contributed by atoms with E-state index in [4.69, 9.17) is 0 Å². The summed E-state index contributed by atoms with van der Waals surface area (Å²) in [7, 11) is 2.02. The molecule has 1 unspecified atom stereocenters. The van der Waals surface area contributed by atoms with E-state index in [1.54, 1.807) is 12.1 Å². The summed E-state index contributed by atoms with van der Waals surface area (Å²) in [6, 6.07) is 6.08. The van der Waals surface area contributed by atoms with Gasteiger partial charge in [0, 0.05) is 19.6 Å². The van der Waals surface area contributed by atoms with Gasteiger partial charge in [0.15, 0.2) is 0 Å². The van der Waals surface area contributed by atoms with Crippen LogP contribution in [-0.4, -0.2) is 54.7 Å². The van der Waals surface area contributed by atoms with Crippen LogP contribution < -0.4 is 0 Å². The first-order chi connectivity index (χ1) is 9.15. The predicted octanol–water partition coefficient (Wildman–Crippen LogP) is 1.89. The zero-order valence-electron chi connectivity index (χ0n) is 11.6. The van der Waals surface area contributed by atoms with Crippen LogP contribution in [0.2, 0.25) is 0 Å². The zero-order valence-corrected chi connectivity index (χ0v) is 11.6. The number of aliphatic hydroxyl groups excluding tert-OH is 1. The van der Waals surface area contributed by atoms with Gasteiger partial charge in [0.2, 0.25) is 0 Å². The Morgan fingerprint density at radius 2 is 1.89 bits per heavy atom. The first-order valence-corrected chi connectivity index (χ1v) is 6.99. The second kappa shape index (κ2) is 6.98. The predicted molar refractivity (Wildman–Crippen MR) is 74.5 cm³/mol. The van der Waals surface area contributed by atoms with E-state index in [1.807, 2.05) is 7.05 Å². The molecule has 0 spiro atoms. The number of benzene rings is 1. The van der Waals surface area contributed by atoms with Crippen molar-refractivity contribution in [3.8, 4) is 0 Å². The summed E-state index contributed by atoms with van der Waals surface area (Å²) < 4.78 is 12.8. The van der Waals surface area contributed by atoms with Gasteiger partial charge in [-0.1, -0.05) is 12.1 Å². The lowest BCUT2D eigenvalue weighted by Crippen LogP contribution is -2.33. The molecule has 1 aliphatic heterocycles. The van der Waals surface area contributed by atoms with Gasteiger partial charge in [0.05, 0.1) is 6.10 Å². The number of hydrogen-bond acceptors (Lipinski definition) is 3. The van der Waals surface area contributed by atoms with Crippen LogP contribution in [0.5, 0.6) is 0 Å². The van der Waals surface area contributed by atoms with Crippen LogP contribution in [0.1, 0.15) is 24.5 Å². The fourth-order valence-electron chi connectivity index (χ4n) is 2.50. The number of likely N-dealkylation sites (N-methyl/N-ethyl adjacent to an activating group) is 1. The van der Waals surface area contributed by atoms with E-state index < -0.39 is 6.10 Å². The van der Waals surface area contributed by atoms with Crippen LogP contribution in [0, 0.1) is 5.82 Å². The third-order valence-electron chi connectivity index (χ3n) is 3.74. The number of nitrogens with zero attached hydrogens (tertiary/aromatic N) is 2. The van der Waals surface area contributed by atoms with E-state index >= 15 is 0 Å². The van der Waals surface area contributed by atoms with Gasteiger partial charge in [0.25, 0.3) is 0 Å². The van der Waals surface area contributed by atoms with E-state index in [9.17, 15) is 9.50 Å². The molecule has 1 N–H and O–H groups in total. The Labute approximate surface area is 114 Å². The van der Waals surface area contributed by atoms with Crippen LogP contribution in [-0.2, 0) is 0 Å². The van der Waals surface area contributed by atoms with Crippen LogP contribution in [0.4, 0.5) is 4.39 Å². The van der Waals surface area contributed by atoms with Crippen molar-refractivity contribution < 1.29 is 9.50 Å². The molecule has 4 heteroatoms. The standard InChI is InChI=1S/C15H23FN2O/c1-17(10-11-18-8-2-3-9-18)12-15(19)13-4-6-14(16)7-5-13/h4-7,15,19H,2-3,8-12H2,1H3. The maximum absolute atomic E-state index is 12.8. The highest BCUT2D eigenvalue weighted by atomic mass is 19.1. The molecule has 1 aromatic rings. The van der Waals surface area contributed by atoms with E-state index in [-0.39, 0.29) is 5.82 Å². The van der Waals surface area contributed by atoms with E-state index in [2.05, 4.69) is 9.80 Å². The van der Waals surface area contributed by atoms with Gasteiger partial charge >= 0.3 is 0 Å². The number of hydrogen-bond donors (Lipinski definition) is 1. The van der Waals surface area contributed by atoms with Crippen molar-refractivity contribution in [2.24, 2.45) is 0 Å². The molecule has 1 aromatic carbocycles. The second-order valence-corrected chi connectivity index (χ2v) is 5.38. The molecule has 1 heterocycles. The maximum Gasteiger partial charge on any atom is 0.123 e. The molecular formula is C15H23FN2O. The Hall–Kier alpha value is -0.970. The van der Waals surface area contributed by atoms with Crippen LogP contribution in [0.3, 0.4) is 0 Å². The van der Waals surface area contributed by atoms with Crippen molar-refractivity contribution in [1.82, 2.24) is 9.80 Å². The Morgan fingerprint density at radius 3 is 2.53 bits per heavy atom. The molecule has 0 aromatic heterocycles. The number of rotatable bonds is 6.